The lowest BCUT2D eigenvalue weighted by molar-refractivity contribution is -0.145. The van der Waals surface area contributed by atoms with Gasteiger partial charge in [0.1, 0.15) is 18.1 Å². The van der Waals surface area contributed by atoms with Crippen LogP contribution in [0.15, 0.2) is 6.33 Å². The second kappa shape index (κ2) is 6.21. The predicted octanol–water partition coefficient (Wildman–Crippen LogP) is 1.51. The highest BCUT2D eigenvalue weighted by atomic mass is 32.1. The van der Waals surface area contributed by atoms with Crippen LogP contribution in [0, 0.1) is 0 Å². The molecule has 0 saturated heterocycles. The molecular weight excluding hydrogens is 290 g/mol. The second-order valence-electron chi connectivity index (χ2n) is 4.78. The predicted molar refractivity (Wildman–Crippen MR) is 78.4 cm³/mol. The van der Waals surface area contributed by atoms with E-state index in [4.69, 9.17) is 4.74 Å². The van der Waals surface area contributed by atoms with Crippen LogP contribution >= 0.6 is 11.3 Å². The summed E-state index contributed by atoms with van der Waals surface area (Å²) in [7, 11) is 0. The molecule has 21 heavy (non-hydrogen) atoms. The van der Waals surface area contributed by atoms with Crippen molar-refractivity contribution in [2.75, 3.05) is 18.5 Å². The molecule has 2 heterocycles. The van der Waals surface area contributed by atoms with Crippen LogP contribution in [0.2, 0.25) is 0 Å². The van der Waals surface area contributed by atoms with Crippen molar-refractivity contribution in [3.8, 4) is 0 Å². The largest absolute Gasteiger partial charge is 0.465 e. The van der Waals surface area contributed by atoms with Crippen molar-refractivity contribution in [3.63, 3.8) is 0 Å². The van der Waals surface area contributed by atoms with Gasteiger partial charge in [-0.05, 0) is 19.8 Å². The first-order valence-corrected chi connectivity index (χ1v) is 7.84. The molecule has 0 radical (unpaired) electrons. The van der Waals surface area contributed by atoms with Crippen molar-refractivity contribution in [2.45, 2.75) is 32.1 Å². The Morgan fingerprint density at radius 1 is 1.62 bits per heavy atom. The monoisotopic (exact) mass is 307 g/mol. The van der Waals surface area contributed by atoms with Crippen LogP contribution in [0.1, 0.15) is 35.7 Å². The van der Waals surface area contributed by atoms with E-state index in [9.17, 15) is 4.79 Å². The van der Waals surface area contributed by atoms with Gasteiger partial charge >= 0.3 is 5.97 Å². The van der Waals surface area contributed by atoms with Gasteiger partial charge in [0.25, 0.3) is 0 Å². The maximum Gasteiger partial charge on any atom is 0.315 e. The number of thiazole rings is 1. The number of hydrogen-bond donors (Lipinski definition) is 2. The Morgan fingerprint density at radius 3 is 3.29 bits per heavy atom. The zero-order valence-electron chi connectivity index (χ0n) is 11.8. The minimum atomic E-state index is -0.193. The van der Waals surface area contributed by atoms with Crippen molar-refractivity contribution in [1.82, 2.24) is 20.2 Å². The second-order valence-corrected chi connectivity index (χ2v) is 5.86. The van der Waals surface area contributed by atoms with Crippen LogP contribution < -0.4 is 5.32 Å². The minimum absolute atomic E-state index is 0.158. The third-order valence-corrected chi connectivity index (χ3v) is 4.48. The first-order chi connectivity index (χ1) is 10.3. The summed E-state index contributed by atoms with van der Waals surface area (Å²) in [5, 5.41) is 10.8. The number of esters is 1. The van der Waals surface area contributed by atoms with Gasteiger partial charge in [-0.1, -0.05) is 0 Å². The summed E-state index contributed by atoms with van der Waals surface area (Å²) in [5.41, 5.74) is 0.889. The van der Waals surface area contributed by atoms with Gasteiger partial charge in [-0.2, -0.15) is 5.10 Å². The van der Waals surface area contributed by atoms with Crippen molar-refractivity contribution in [1.29, 1.82) is 0 Å². The first kappa shape index (κ1) is 14.0. The number of hydrogen-bond acceptors (Lipinski definition) is 7. The Hall–Kier alpha value is -1.96. The highest BCUT2D eigenvalue weighted by Crippen LogP contribution is 2.38. The van der Waals surface area contributed by atoms with Gasteiger partial charge in [0.05, 0.1) is 12.3 Å². The van der Waals surface area contributed by atoms with Gasteiger partial charge in [-0.25, -0.2) is 9.97 Å². The molecule has 8 heteroatoms. The van der Waals surface area contributed by atoms with Crippen LogP contribution in [0.25, 0.3) is 0 Å². The SMILES string of the molecule is CCOC(=O)C1CCc2sc(NCCc3ncn[nH]3)nc21. The molecule has 2 aromatic heterocycles. The highest BCUT2D eigenvalue weighted by Gasteiger charge is 2.33. The van der Waals surface area contributed by atoms with Crippen molar-refractivity contribution in [3.05, 3.63) is 22.7 Å². The Labute approximate surface area is 126 Å². The van der Waals surface area contributed by atoms with Gasteiger partial charge in [0.2, 0.25) is 0 Å². The molecule has 3 rings (SSSR count). The molecule has 2 aromatic rings. The third kappa shape index (κ3) is 3.05. The van der Waals surface area contributed by atoms with Crippen molar-refractivity contribution < 1.29 is 9.53 Å². The molecule has 7 nitrogen and oxygen atoms in total. The number of anilines is 1. The van der Waals surface area contributed by atoms with Crippen molar-refractivity contribution in [2.24, 2.45) is 0 Å². The number of carbonyl (C=O) groups excluding carboxylic acids is 1. The molecule has 0 amide bonds. The van der Waals surface area contributed by atoms with E-state index in [1.807, 2.05) is 6.92 Å². The standard InChI is InChI=1S/C13H17N5O2S/c1-2-20-12(19)8-3-4-9-11(8)17-13(21-9)14-6-5-10-15-7-16-18-10/h7-8H,2-6H2,1H3,(H,14,17)(H,15,16,18). The van der Waals surface area contributed by atoms with Crippen LogP contribution in [0.4, 0.5) is 5.13 Å². The van der Waals surface area contributed by atoms with E-state index < -0.39 is 0 Å². The normalized spacial score (nSPS) is 16.7. The molecule has 0 saturated carbocycles. The smallest absolute Gasteiger partial charge is 0.315 e. The molecule has 0 fully saturated rings. The van der Waals surface area contributed by atoms with E-state index in [0.717, 1.165) is 42.5 Å². The lowest BCUT2D eigenvalue weighted by atomic mass is 10.1. The topological polar surface area (TPSA) is 92.8 Å². The van der Waals surface area contributed by atoms with E-state index in [-0.39, 0.29) is 11.9 Å². The molecular formula is C13H17N5O2S. The number of aryl methyl sites for hydroxylation is 1. The Bertz CT molecular complexity index is 610. The number of aromatic nitrogens is 4. The van der Waals surface area contributed by atoms with E-state index in [0.29, 0.717) is 6.61 Å². The lowest BCUT2D eigenvalue weighted by Gasteiger charge is -2.08. The Morgan fingerprint density at radius 2 is 2.52 bits per heavy atom. The quantitative estimate of drug-likeness (QED) is 0.786. The van der Waals surface area contributed by atoms with Crippen molar-refractivity contribution >= 4 is 22.4 Å². The average molecular weight is 307 g/mol. The molecule has 0 aliphatic heterocycles. The molecule has 0 spiro atoms. The number of nitrogens with one attached hydrogen (secondary N) is 2. The Balaban J connectivity index is 1.59. The third-order valence-electron chi connectivity index (χ3n) is 3.39. The molecule has 0 aromatic carbocycles. The summed E-state index contributed by atoms with van der Waals surface area (Å²) in [5.74, 6) is 0.492. The maximum absolute atomic E-state index is 11.9. The van der Waals surface area contributed by atoms with E-state index in [1.54, 1.807) is 11.3 Å². The zero-order chi connectivity index (χ0) is 14.7. The fourth-order valence-corrected chi connectivity index (χ4v) is 3.48. The summed E-state index contributed by atoms with van der Waals surface area (Å²) in [6.07, 6.45) is 3.97. The molecule has 1 aliphatic rings. The molecule has 112 valence electrons. The Kier molecular flexibility index (Phi) is 4.14. The van der Waals surface area contributed by atoms with Gasteiger partial charge in [-0.3, -0.25) is 9.89 Å². The van der Waals surface area contributed by atoms with Gasteiger partial charge in [-0.15, -0.1) is 11.3 Å². The number of fused-ring (bicyclic) bond motifs is 1. The van der Waals surface area contributed by atoms with Gasteiger partial charge in [0.15, 0.2) is 5.13 Å². The first-order valence-electron chi connectivity index (χ1n) is 7.02. The lowest BCUT2D eigenvalue weighted by Crippen LogP contribution is -2.14. The van der Waals surface area contributed by atoms with Gasteiger partial charge < -0.3 is 10.1 Å². The molecule has 1 aliphatic carbocycles. The average Bonchev–Trinajstić information content (AvgIpc) is 3.14. The van der Waals surface area contributed by atoms with Crippen LogP contribution in [0.5, 0.6) is 0 Å². The van der Waals surface area contributed by atoms with Gasteiger partial charge in [0, 0.05) is 17.8 Å². The zero-order valence-corrected chi connectivity index (χ0v) is 12.6. The summed E-state index contributed by atoms with van der Waals surface area (Å²) >= 11 is 1.62. The fourth-order valence-electron chi connectivity index (χ4n) is 2.41. The maximum atomic E-state index is 11.9. The molecule has 2 N–H and O–H groups in total. The van der Waals surface area contributed by atoms with Crippen LogP contribution in [0.3, 0.4) is 0 Å². The number of rotatable bonds is 6. The molecule has 1 atom stereocenters. The molecule has 0 bridgehead atoms. The number of H-pyrrole nitrogens is 1. The highest BCUT2D eigenvalue weighted by molar-refractivity contribution is 7.15. The molecule has 1 unspecified atom stereocenters. The minimum Gasteiger partial charge on any atom is -0.465 e. The fraction of sp³-hybridized carbons (Fsp3) is 0.538. The summed E-state index contributed by atoms with van der Waals surface area (Å²) in [4.78, 5) is 21.7. The van der Waals surface area contributed by atoms with E-state index >= 15 is 0 Å². The number of ether oxygens (including phenoxy) is 1. The summed E-state index contributed by atoms with van der Waals surface area (Å²) < 4.78 is 5.11. The number of aromatic amines is 1. The van der Waals surface area contributed by atoms with Crippen LogP contribution in [-0.4, -0.2) is 39.3 Å². The van der Waals surface area contributed by atoms with Crippen LogP contribution in [-0.2, 0) is 22.4 Å². The number of carbonyl (C=O) groups is 1. The number of nitrogens with zero attached hydrogens (tertiary/aromatic N) is 3. The van der Waals surface area contributed by atoms with E-state index in [2.05, 4.69) is 25.5 Å². The summed E-state index contributed by atoms with van der Waals surface area (Å²) in [6, 6.07) is 0. The van der Waals surface area contributed by atoms with E-state index in [1.165, 1.54) is 11.2 Å². The summed E-state index contributed by atoms with van der Waals surface area (Å²) in [6.45, 7) is 2.97.